The van der Waals surface area contributed by atoms with Gasteiger partial charge in [0.1, 0.15) is 5.82 Å². The van der Waals surface area contributed by atoms with E-state index in [-0.39, 0.29) is 17.1 Å². The highest BCUT2D eigenvalue weighted by Crippen LogP contribution is 2.60. The van der Waals surface area contributed by atoms with Crippen LogP contribution >= 0.6 is 0 Å². The number of nitrogens with zero attached hydrogens (tertiary/aromatic N) is 1. The molecule has 0 aromatic heterocycles. The molecule has 0 unspecified atom stereocenters. The third kappa shape index (κ3) is 2.68. The van der Waals surface area contributed by atoms with Crippen LogP contribution in [0.5, 0.6) is 0 Å². The minimum absolute atomic E-state index is 0.213. The molecule has 122 valence electrons. The van der Waals surface area contributed by atoms with Crippen molar-refractivity contribution in [3.05, 3.63) is 35.6 Å². The number of carbonyl (C=O) groups is 1. The van der Waals surface area contributed by atoms with Gasteiger partial charge in [-0.3, -0.25) is 4.79 Å². The summed E-state index contributed by atoms with van der Waals surface area (Å²) in [5, 5.41) is 4.44. The van der Waals surface area contributed by atoms with Crippen LogP contribution in [0.3, 0.4) is 0 Å². The minimum Gasteiger partial charge on any atom is -0.267 e. The first kappa shape index (κ1) is 14.9. The molecule has 23 heavy (non-hydrogen) atoms. The molecule has 4 bridgehead atoms. The fraction of sp³-hybridized carbons (Fsp3) is 0.579. The maximum Gasteiger partial charge on any atom is 0.271 e. The number of rotatable bonds is 3. The maximum atomic E-state index is 12.9. The Morgan fingerprint density at radius 2 is 1.61 bits per heavy atom. The number of carbonyl (C=O) groups excluding carboxylic acids is 1. The van der Waals surface area contributed by atoms with E-state index < -0.39 is 0 Å². The van der Waals surface area contributed by atoms with Crippen LogP contribution in [-0.2, 0) is 0 Å². The van der Waals surface area contributed by atoms with Gasteiger partial charge in [-0.05, 0) is 87.5 Å². The van der Waals surface area contributed by atoms with Crippen molar-refractivity contribution < 1.29 is 9.18 Å². The second-order valence-corrected chi connectivity index (χ2v) is 7.84. The Hall–Kier alpha value is -1.71. The molecular weight excluding hydrogens is 291 g/mol. The second kappa shape index (κ2) is 5.43. The Labute approximate surface area is 136 Å². The lowest BCUT2D eigenvalue weighted by Gasteiger charge is -2.56. The van der Waals surface area contributed by atoms with Gasteiger partial charge in [-0.2, -0.15) is 5.10 Å². The highest BCUT2D eigenvalue weighted by Gasteiger charge is 2.52. The lowest BCUT2D eigenvalue weighted by Crippen LogP contribution is -2.49. The molecule has 0 radical (unpaired) electrons. The Morgan fingerprint density at radius 3 is 2.13 bits per heavy atom. The van der Waals surface area contributed by atoms with Crippen LogP contribution in [0.2, 0.25) is 0 Å². The Morgan fingerprint density at radius 1 is 1.09 bits per heavy atom. The Bertz CT molecular complexity index is 615. The van der Waals surface area contributed by atoms with Crippen LogP contribution in [0.25, 0.3) is 0 Å². The predicted octanol–water partition coefficient (Wildman–Crippen LogP) is 4.15. The second-order valence-electron chi connectivity index (χ2n) is 7.84. The number of hydrogen-bond donors (Lipinski definition) is 1. The van der Waals surface area contributed by atoms with Crippen molar-refractivity contribution in [2.24, 2.45) is 28.3 Å². The molecule has 4 heteroatoms. The van der Waals surface area contributed by atoms with E-state index in [0.717, 1.165) is 23.5 Å². The van der Waals surface area contributed by atoms with Gasteiger partial charge < -0.3 is 0 Å². The van der Waals surface area contributed by atoms with Crippen molar-refractivity contribution in [3.8, 4) is 0 Å². The van der Waals surface area contributed by atoms with Crippen LogP contribution in [0, 0.1) is 29.0 Å². The molecule has 4 saturated carbocycles. The summed E-state index contributed by atoms with van der Waals surface area (Å²) >= 11 is 0. The summed E-state index contributed by atoms with van der Waals surface area (Å²) in [7, 11) is 0. The highest BCUT2D eigenvalue weighted by atomic mass is 19.1. The summed E-state index contributed by atoms with van der Waals surface area (Å²) in [5.74, 6) is 1.97. The predicted molar refractivity (Wildman–Crippen MR) is 87.6 cm³/mol. The molecule has 1 aromatic carbocycles. The molecule has 3 nitrogen and oxygen atoms in total. The first-order valence-electron chi connectivity index (χ1n) is 8.65. The fourth-order valence-electron chi connectivity index (χ4n) is 5.47. The van der Waals surface area contributed by atoms with E-state index in [1.807, 2.05) is 0 Å². The van der Waals surface area contributed by atoms with Crippen molar-refractivity contribution in [1.29, 1.82) is 0 Å². The van der Waals surface area contributed by atoms with Crippen molar-refractivity contribution in [1.82, 2.24) is 5.43 Å². The van der Waals surface area contributed by atoms with Crippen molar-refractivity contribution in [2.45, 2.75) is 45.4 Å². The first-order valence-corrected chi connectivity index (χ1v) is 8.65. The number of benzene rings is 1. The van der Waals surface area contributed by atoms with Crippen molar-refractivity contribution >= 4 is 11.6 Å². The van der Waals surface area contributed by atoms with E-state index in [2.05, 4.69) is 17.5 Å². The third-order valence-electron chi connectivity index (χ3n) is 6.24. The summed E-state index contributed by atoms with van der Waals surface area (Å²) < 4.78 is 12.9. The standard InChI is InChI=1S/C19H23FN2O/c1-12(21-22-18(23)16-2-4-17(20)5-3-16)19-9-13-6-14(10-19)8-15(7-13)11-19/h2-5,13-15H,6-11H2,1H3,(H,22,23). The SMILES string of the molecule is CC(=NNC(=O)c1ccc(F)cc1)C12CC3CC(CC(C3)C1)C2. The molecule has 0 aliphatic heterocycles. The van der Waals surface area contributed by atoms with Gasteiger partial charge in [0.05, 0.1) is 0 Å². The number of amides is 1. The van der Waals surface area contributed by atoms with Crippen molar-refractivity contribution in [3.63, 3.8) is 0 Å². The van der Waals surface area contributed by atoms with E-state index >= 15 is 0 Å². The molecule has 4 aliphatic carbocycles. The lowest BCUT2D eigenvalue weighted by atomic mass is 9.48. The smallest absolute Gasteiger partial charge is 0.267 e. The molecule has 0 atom stereocenters. The molecule has 1 amide bonds. The molecule has 0 spiro atoms. The molecule has 5 rings (SSSR count). The zero-order valence-corrected chi connectivity index (χ0v) is 13.5. The van der Waals surface area contributed by atoms with Crippen LogP contribution in [0.15, 0.2) is 29.4 Å². The van der Waals surface area contributed by atoms with Gasteiger partial charge in [-0.25, -0.2) is 9.82 Å². The fourth-order valence-corrected chi connectivity index (χ4v) is 5.47. The summed E-state index contributed by atoms with van der Waals surface area (Å²) in [6.07, 6.45) is 7.90. The molecule has 1 aromatic rings. The van der Waals surface area contributed by atoms with E-state index in [1.165, 1.54) is 62.8 Å². The van der Waals surface area contributed by atoms with Gasteiger partial charge in [-0.15, -0.1) is 0 Å². The van der Waals surface area contributed by atoms with Crippen LogP contribution in [0.4, 0.5) is 4.39 Å². The van der Waals surface area contributed by atoms with Gasteiger partial charge in [0.25, 0.3) is 5.91 Å². The summed E-state index contributed by atoms with van der Waals surface area (Å²) in [4.78, 5) is 12.1. The van der Waals surface area contributed by atoms with Gasteiger partial charge >= 0.3 is 0 Å². The highest BCUT2D eigenvalue weighted by molar-refractivity contribution is 5.96. The Kier molecular flexibility index (Phi) is 3.51. The molecule has 4 fully saturated rings. The van der Waals surface area contributed by atoms with E-state index in [1.54, 1.807) is 0 Å². The first-order chi connectivity index (χ1) is 11.0. The largest absolute Gasteiger partial charge is 0.271 e. The van der Waals surface area contributed by atoms with Gasteiger partial charge in [0, 0.05) is 16.7 Å². The van der Waals surface area contributed by atoms with E-state index in [4.69, 9.17) is 0 Å². The zero-order chi connectivity index (χ0) is 16.0. The lowest BCUT2D eigenvalue weighted by molar-refractivity contribution is -0.0128. The number of halogens is 1. The average Bonchev–Trinajstić information content (AvgIpc) is 2.51. The van der Waals surface area contributed by atoms with E-state index in [0.29, 0.717) is 5.56 Å². The van der Waals surface area contributed by atoms with Crippen molar-refractivity contribution in [2.75, 3.05) is 0 Å². The molecular formula is C19H23FN2O. The number of nitrogens with one attached hydrogen (secondary N) is 1. The minimum atomic E-state index is -0.338. The maximum absolute atomic E-state index is 12.9. The van der Waals surface area contributed by atoms with Crippen LogP contribution < -0.4 is 5.43 Å². The van der Waals surface area contributed by atoms with Crippen LogP contribution in [0.1, 0.15) is 55.8 Å². The summed E-state index contributed by atoms with van der Waals surface area (Å²) in [5.41, 5.74) is 4.40. The zero-order valence-electron chi connectivity index (χ0n) is 13.5. The summed E-state index contributed by atoms with van der Waals surface area (Å²) in [6.45, 7) is 2.07. The summed E-state index contributed by atoms with van der Waals surface area (Å²) in [6, 6.07) is 5.57. The van der Waals surface area contributed by atoms with E-state index in [9.17, 15) is 9.18 Å². The van der Waals surface area contributed by atoms with Gasteiger partial charge in [0.2, 0.25) is 0 Å². The number of hydrogen-bond acceptors (Lipinski definition) is 2. The Balaban J connectivity index is 1.48. The molecule has 0 heterocycles. The quantitative estimate of drug-likeness (QED) is 0.661. The topological polar surface area (TPSA) is 41.5 Å². The van der Waals surface area contributed by atoms with Gasteiger partial charge in [-0.1, -0.05) is 0 Å². The monoisotopic (exact) mass is 314 g/mol. The molecule has 0 saturated heterocycles. The molecule has 1 N–H and O–H groups in total. The third-order valence-corrected chi connectivity index (χ3v) is 6.24. The van der Waals surface area contributed by atoms with Gasteiger partial charge in [0.15, 0.2) is 0 Å². The molecule has 4 aliphatic rings. The average molecular weight is 314 g/mol. The number of hydrazone groups is 1. The normalized spacial score (nSPS) is 35.4. The van der Waals surface area contributed by atoms with Crippen LogP contribution in [-0.4, -0.2) is 11.6 Å².